The molecule has 0 atom stereocenters. The van der Waals surface area contributed by atoms with Gasteiger partial charge in [-0.25, -0.2) is 4.98 Å². The van der Waals surface area contributed by atoms with E-state index in [0.717, 1.165) is 10.8 Å². The van der Waals surface area contributed by atoms with Gasteiger partial charge in [0.1, 0.15) is 5.82 Å². The first-order chi connectivity index (χ1) is 5.81. The van der Waals surface area contributed by atoms with Crippen molar-refractivity contribution in [2.24, 2.45) is 0 Å². The van der Waals surface area contributed by atoms with Crippen LogP contribution in [0.15, 0.2) is 17.2 Å². The van der Waals surface area contributed by atoms with Crippen molar-refractivity contribution in [3.8, 4) is 0 Å². The van der Waals surface area contributed by atoms with Gasteiger partial charge in [-0.05, 0) is 36.6 Å². The summed E-state index contributed by atoms with van der Waals surface area (Å²) in [4.78, 5) is 4.29. The van der Waals surface area contributed by atoms with Crippen LogP contribution in [0.4, 0.5) is 5.82 Å². The molecule has 0 bridgehead atoms. The molecule has 12 heavy (non-hydrogen) atoms. The molecule has 1 aromatic rings. The van der Waals surface area contributed by atoms with Crippen molar-refractivity contribution in [1.29, 1.82) is 0 Å². The number of pyridine rings is 1. The normalized spacial score (nSPS) is 16.4. The Bertz CT molecular complexity index is 295. The number of nitrogens with zero attached hydrogens (tertiary/aromatic N) is 1. The van der Waals surface area contributed by atoms with Crippen molar-refractivity contribution < 1.29 is 0 Å². The first-order valence-electron chi connectivity index (χ1n) is 4.11. The Morgan fingerprint density at radius 1 is 1.50 bits per heavy atom. The molecular formula is C9H12N2S. The van der Waals surface area contributed by atoms with E-state index in [9.17, 15) is 0 Å². The lowest BCUT2D eigenvalue weighted by Gasteiger charge is -2.03. The maximum atomic E-state index is 5.81. The van der Waals surface area contributed by atoms with Crippen LogP contribution < -0.4 is 5.73 Å². The molecule has 64 valence electrons. The average molecular weight is 180 g/mol. The van der Waals surface area contributed by atoms with Crippen LogP contribution in [0, 0.1) is 0 Å². The lowest BCUT2D eigenvalue weighted by Crippen LogP contribution is -1.96. The Kier molecular flexibility index (Phi) is 1.97. The number of nitrogens with two attached hydrogens (primary N) is 1. The zero-order valence-electron chi connectivity index (χ0n) is 7.08. The molecule has 0 aliphatic heterocycles. The van der Waals surface area contributed by atoms with Crippen LogP contribution in [0.25, 0.3) is 0 Å². The summed E-state index contributed by atoms with van der Waals surface area (Å²) in [6.07, 6.45) is 4.58. The standard InChI is InChI=1S/C9H12N2S/c1-12-8-5-4-7(6-2-3-6)9(10)11-8/h4-6H,2-3H2,1H3,(H2,10,11). The van der Waals surface area contributed by atoms with Gasteiger partial charge in [0.15, 0.2) is 0 Å². The summed E-state index contributed by atoms with van der Waals surface area (Å²) in [7, 11) is 0. The maximum Gasteiger partial charge on any atom is 0.128 e. The number of anilines is 1. The molecule has 0 unspecified atom stereocenters. The van der Waals surface area contributed by atoms with Gasteiger partial charge in [-0.15, -0.1) is 11.8 Å². The highest BCUT2D eigenvalue weighted by molar-refractivity contribution is 7.98. The molecule has 1 heterocycles. The molecule has 0 radical (unpaired) electrons. The lowest BCUT2D eigenvalue weighted by molar-refractivity contribution is 1.05. The van der Waals surface area contributed by atoms with Crippen LogP contribution in [0.5, 0.6) is 0 Å². The second-order valence-corrected chi connectivity index (χ2v) is 3.93. The van der Waals surface area contributed by atoms with Gasteiger partial charge in [0, 0.05) is 0 Å². The Morgan fingerprint density at radius 3 is 2.75 bits per heavy atom. The Morgan fingerprint density at radius 2 is 2.25 bits per heavy atom. The minimum atomic E-state index is 0.702. The molecule has 3 heteroatoms. The minimum absolute atomic E-state index is 0.702. The number of rotatable bonds is 2. The second-order valence-electron chi connectivity index (χ2n) is 3.10. The predicted molar refractivity (Wildman–Crippen MR) is 52.4 cm³/mol. The van der Waals surface area contributed by atoms with E-state index in [0.29, 0.717) is 5.92 Å². The minimum Gasteiger partial charge on any atom is -0.383 e. The Balaban J connectivity index is 2.32. The van der Waals surface area contributed by atoms with E-state index in [1.165, 1.54) is 18.4 Å². The van der Waals surface area contributed by atoms with E-state index in [-0.39, 0.29) is 0 Å². The fraction of sp³-hybridized carbons (Fsp3) is 0.444. The summed E-state index contributed by atoms with van der Waals surface area (Å²) >= 11 is 1.63. The molecule has 2 rings (SSSR count). The van der Waals surface area contributed by atoms with E-state index >= 15 is 0 Å². The lowest BCUT2D eigenvalue weighted by atomic mass is 10.2. The van der Waals surface area contributed by atoms with Gasteiger partial charge in [-0.2, -0.15) is 0 Å². The van der Waals surface area contributed by atoms with Crippen molar-refractivity contribution in [1.82, 2.24) is 4.98 Å². The maximum absolute atomic E-state index is 5.81. The second kappa shape index (κ2) is 2.98. The quantitative estimate of drug-likeness (QED) is 0.709. The van der Waals surface area contributed by atoms with Gasteiger partial charge in [0.25, 0.3) is 0 Å². The molecule has 0 amide bonds. The highest BCUT2D eigenvalue weighted by Gasteiger charge is 2.25. The van der Waals surface area contributed by atoms with Crippen LogP contribution in [0.1, 0.15) is 24.3 Å². The highest BCUT2D eigenvalue weighted by Crippen LogP contribution is 2.42. The van der Waals surface area contributed by atoms with Crippen LogP contribution >= 0.6 is 11.8 Å². The summed E-state index contributed by atoms with van der Waals surface area (Å²) in [5.74, 6) is 1.43. The van der Waals surface area contributed by atoms with E-state index in [1.807, 2.05) is 6.26 Å². The first kappa shape index (κ1) is 7.92. The SMILES string of the molecule is CSc1ccc(C2CC2)c(N)n1. The number of thioether (sulfide) groups is 1. The van der Waals surface area contributed by atoms with E-state index in [1.54, 1.807) is 11.8 Å². The molecule has 0 aromatic carbocycles. The van der Waals surface area contributed by atoms with Gasteiger partial charge in [0.2, 0.25) is 0 Å². The van der Waals surface area contributed by atoms with Crippen LogP contribution in [-0.4, -0.2) is 11.2 Å². The Hall–Kier alpha value is -0.700. The number of hydrogen-bond acceptors (Lipinski definition) is 3. The van der Waals surface area contributed by atoms with E-state index < -0.39 is 0 Å². The zero-order chi connectivity index (χ0) is 8.55. The molecule has 1 aromatic heterocycles. The van der Waals surface area contributed by atoms with Crippen LogP contribution in [-0.2, 0) is 0 Å². The third kappa shape index (κ3) is 1.41. The molecule has 0 saturated heterocycles. The van der Waals surface area contributed by atoms with Crippen molar-refractivity contribution in [2.75, 3.05) is 12.0 Å². The van der Waals surface area contributed by atoms with Gasteiger partial charge in [0.05, 0.1) is 5.03 Å². The average Bonchev–Trinajstić information content (AvgIpc) is 2.87. The zero-order valence-corrected chi connectivity index (χ0v) is 7.90. The fourth-order valence-electron chi connectivity index (χ4n) is 1.32. The Labute approximate surface area is 76.6 Å². The third-order valence-electron chi connectivity index (χ3n) is 2.16. The molecule has 1 aliphatic rings. The predicted octanol–water partition coefficient (Wildman–Crippen LogP) is 2.26. The van der Waals surface area contributed by atoms with Crippen molar-refractivity contribution in [3.63, 3.8) is 0 Å². The summed E-state index contributed by atoms with van der Waals surface area (Å²) in [5.41, 5.74) is 7.06. The van der Waals surface area contributed by atoms with Crippen molar-refractivity contribution in [2.45, 2.75) is 23.8 Å². The van der Waals surface area contributed by atoms with Crippen LogP contribution in [0.3, 0.4) is 0 Å². The highest BCUT2D eigenvalue weighted by atomic mass is 32.2. The number of hydrogen-bond donors (Lipinski definition) is 1. The van der Waals surface area contributed by atoms with Crippen molar-refractivity contribution in [3.05, 3.63) is 17.7 Å². The molecule has 2 N–H and O–H groups in total. The monoisotopic (exact) mass is 180 g/mol. The number of aromatic nitrogens is 1. The topological polar surface area (TPSA) is 38.9 Å². The molecule has 1 fully saturated rings. The number of nitrogen functional groups attached to an aromatic ring is 1. The molecule has 0 spiro atoms. The summed E-state index contributed by atoms with van der Waals surface area (Å²) in [6.45, 7) is 0. The van der Waals surface area contributed by atoms with Gasteiger partial charge in [-0.3, -0.25) is 0 Å². The van der Waals surface area contributed by atoms with E-state index in [4.69, 9.17) is 5.73 Å². The van der Waals surface area contributed by atoms with Crippen molar-refractivity contribution >= 4 is 17.6 Å². The van der Waals surface area contributed by atoms with E-state index in [2.05, 4.69) is 17.1 Å². The molecule has 1 saturated carbocycles. The largest absolute Gasteiger partial charge is 0.383 e. The van der Waals surface area contributed by atoms with Gasteiger partial charge >= 0.3 is 0 Å². The molecule has 2 nitrogen and oxygen atoms in total. The molecular weight excluding hydrogens is 168 g/mol. The van der Waals surface area contributed by atoms with Gasteiger partial charge in [-0.1, -0.05) is 6.07 Å². The molecule has 1 aliphatic carbocycles. The van der Waals surface area contributed by atoms with Crippen LogP contribution in [0.2, 0.25) is 0 Å². The summed E-state index contributed by atoms with van der Waals surface area (Å²) in [6, 6.07) is 4.17. The fourth-order valence-corrected chi connectivity index (χ4v) is 1.71. The van der Waals surface area contributed by atoms with Gasteiger partial charge < -0.3 is 5.73 Å². The first-order valence-corrected chi connectivity index (χ1v) is 5.34. The summed E-state index contributed by atoms with van der Waals surface area (Å²) in [5, 5.41) is 1.01. The smallest absolute Gasteiger partial charge is 0.128 e. The summed E-state index contributed by atoms with van der Waals surface area (Å²) < 4.78 is 0. The third-order valence-corrected chi connectivity index (χ3v) is 2.80.